The summed E-state index contributed by atoms with van der Waals surface area (Å²) in [5.41, 5.74) is 1.42. The highest BCUT2D eigenvalue weighted by Crippen LogP contribution is 2.41. The first-order valence-corrected chi connectivity index (χ1v) is 8.19. The van der Waals surface area contributed by atoms with Crippen molar-refractivity contribution < 1.29 is 19.1 Å². The maximum absolute atomic E-state index is 12.6. The van der Waals surface area contributed by atoms with Crippen LogP contribution in [-0.4, -0.2) is 24.5 Å². The van der Waals surface area contributed by atoms with Crippen molar-refractivity contribution in [2.45, 2.75) is 25.4 Å². The fourth-order valence-corrected chi connectivity index (χ4v) is 3.01. The van der Waals surface area contributed by atoms with E-state index in [4.69, 9.17) is 21.1 Å². The van der Waals surface area contributed by atoms with Gasteiger partial charge in [-0.15, -0.1) is 0 Å². The van der Waals surface area contributed by atoms with E-state index in [9.17, 15) is 9.59 Å². The van der Waals surface area contributed by atoms with Crippen LogP contribution in [0.15, 0.2) is 48.5 Å². The Morgan fingerprint density at radius 3 is 2.54 bits per heavy atom. The summed E-state index contributed by atoms with van der Waals surface area (Å²) < 4.78 is 10.8. The Morgan fingerprint density at radius 2 is 1.83 bits per heavy atom. The lowest BCUT2D eigenvalue weighted by Gasteiger charge is -2.17. The van der Waals surface area contributed by atoms with E-state index in [1.807, 2.05) is 18.2 Å². The van der Waals surface area contributed by atoms with Crippen molar-refractivity contribution in [3.63, 3.8) is 0 Å². The standard InChI is InChI=1S/C19H17ClO4/c1-2-23-19(22)18-15(14-5-3-4-6-17(14)24-18)11-16(21)12-7-9-13(20)10-8-12/h3-10,15,18H,2,11H2,1H3/t15-,18-/m1/s1. The maximum Gasteiger partial charge on any atom is 0.347 e. The second-order valence-corrected chi connectivity index (χ2v) is 6.01. The van der Waals surface area contributed by atoms with E-state index in [2.05, 4.69) is 0 Å². The zero-order chi connectivity index (χ0) is 17.1. The summed E-state index contributed by atoms with van der Waals surface area (Å²) in [6.45, 7) is 2.01. The molecular weight excluding hydrogens is 328 g/mol. The van der Waals surface area contributed by atoms with Crippen LogP contribution in [0.2, 0.25) is 5.02 Å². The molecular formula is C19H17ClO4. The molecule has 124 valence electrons. The van der Waals surface area contributed by atoms with Gasteiger partial charge < -0.3 is 9.47 Å². The lowest BCUT2D eigenvalue weighted by molar-refractivity contribution is -0.151. The first kappa shape index (κ1) is 16.5. The van der Waals surface area contributed by atoms with E-state index in [1.165, 1.54) is 0 Å². The number of esters is 1. The lowest BCUT2D eigenvalue weighted by Crippen LogP contribution is -2.32. The molecule has 5 heteroatoms. The summed E-state index contributed by atoms with van der Waals surface area (Å²) >= 11 is 5.86. The number of hydrogen-bond donors (Lipinski definition) is 0. The van der Waals surface area contributed by atoms with E-state index in [0.717, 1.165) is 5.56 Å². The fourth-order valence-electron chi connectivity index (χ4n) is 2.88. The number of Topliss-reactive ketones (excluding diaryl/α,β-unsaturated/α-hetero) is 1. The minimum Gasteiger partial charge on any atom is -0.478 e. The molecule has 4 nitrogen and oxygen atoms in total. The predicted molar refractivity (Wildman–Crippen MR) is 90.6 cm³/mol. The summed E-state index contributed by atoms with van der Waals surface area (Å²) in [4.78, 5) is 24.8. The first-order valence-electron chi connectivity index (χ1n) is 7.81. The first-order chi connectivity index (χ1) is 11.6. The number of carbonyl (C=O) groups is 2. The highest BCUT2D eigenvalue weighted by atomic mass is 35.5. The Morgan fingerprint density at radius 1 is 1.12 bits per heavy atom. The van der Waals surface area contributed by atoms with Crippen LogP contribution in [0.3, 0.4) is 0 Å². The largest absolute Gasteiger partial charge is 0.478 e. The maximum atomic E-state index is 12.6. The van der Waals surface area contributed by atoms with E-state index in [0.29, 0.717) is 16.3 Å². The van der Waals surface area contributed by atoms with Gasteiger partial charge in [-0.05, 0) is 37.3 Å². The molecule has 0 aromatic heterocycles. The van der Waals surface area contributed by atoms with Gasteiger partial charge in [0, 0.05) is 28.5 Å². The summed E-state index contributed by atoms with van der Waals surface area (Å²) in [6, 6.07) is 14.1. The third kappa shape index (κ3) is 3.29. The molecule has 0 fully saturated rings. The topological polar surface area (TPSA) is 52.6 Å². The van der Waals surface area contributed by atoms with Crippen LogP contribution in [0, 0.1) is 0 Å². The number of ketones is 1. The van der Waals surface area contributed by atoms with Gasteiger partial charge in [0.25, 0.3) is 0 Å². The molecule has 3 rings (SSSR count). The Balaban J connectivity index is 1.85. The molecule has 2 aromatic rings. The molecule has 0 amide bonds. The molecule has 2 atom stereocenters. The number of rotatable bonds is 5. The molecule has 0 saturated carbocycles. The number of carbonyl (C=O) groups excluding carboxylic acids is 2. The van der Waals surface area contributed by atoms with Gasteiger partial charge >= 0.3 is 5.97 Å². The molecule has 0 spiro atoms. The van der Waals surface area contributed by atoms with Crippen molar-refractivity contribution in [2.24, 2.45) is 0 Å². The number of benzene rings is 2. The fraction of sp³-hybridized carbons (Fsp3) is 0.263. The molecule has 0 N–H and O–H groups in total. The highest BCUT2D eigenvalue weighted by Gasteiger charge is 2.41. The van der Waals surface area contributed by atoms with Gasteiger partial charge in [0.05, 0.1) is 6.61 Å². The van der Waals surface area contributed by atoms with E-state index in [-0.39, 0.29) is 24.7 Å². The van der Waals surface area contributed by atoms with Crippen LogP contribution in [0.5, 0.6) is 5.75 Å². The van der Waals surface area contributed by atoms with Gasteiger partial charge in [-0.1, -0.05) is 29.8 Å². The van der Waals surface area contributed by atoms with Crippen molar-refractivity contribution in [2.75, 3.05) is 6.61 Å². The van der Waals surface area contributed by atoms with Crippen molar-refractivity contribution in [3.05, 3.63) is 64.7 Å². The van der Waals surface area contributed by atoms with E-state index >= 15 is 0 Å². The molecule has 1 heterocycles. The summed E-state index contributed by atoms with van der Waals surface area (Å²) in [6.07, 6.45) is -0.624. The zero-order valence-electron chi connectivity index (χ0n) is 13.2. The number of halogens is 1. The number of ether oxygens (including phenoxy) is 2. The van der Waals surface area contributed by atoms with Crippen molar-refractivity contribution in [1.29, 1.82) is 0 Å². The summed E-state index contributed by atoms with van der Waals surface area (Å²) in [7, 11) is 0. The van der Waals surface area contributed by atoms with Crippen LogP contribution in [0.25, 0.3) is 0 Å². The van der Waals surface area contributed by atoms with Gasteiger partial charge in [0.1, 0.15) is 5.75 Å². The normalized spacial score (nSPS) is 18.6. The Hall–Kier alpha value is -2.33. The molecule has 24 heavy (non-hydrogen) atoms. The molecule has 0 radical (unpaired) electrons. The minimum absolute atomic E-state index is 0.0636. The third-order valence-electron chi connectivity index (χ3n) is 4.03. The van der Waals surface area contributed by atoms with Crippen molar-refractivity contribution in [3.8, 4) is 5.75 Å². The number of para-hydroxylation sites is 1. The van der Waals surface area contributed by atoms with Gasteiger partial charge in [0.2, 0.25) is 6.10 Å². The quantitative estimate of drug-likeness (QED) is 0.607. The van der Waals surface area contributed by atoms with Gasteiger partial charge in [-0.3, -0.25) is 4.79 Å². The van der Waals surface area contributed by atoms with E-state index in [1.54, 1.807) is 37.3 Å². The molecule has 0 bridgehead atoms. The summed E-state index contributed by atoms with van der Waals surface area (Å²) in [5, 5.41) is 0.575. The minimum atomic E-state index is -0.793. The molecule has 0 unspecified atom stereocenters. The second kappa shape index (κ2) is 7.05. The molecule has 1 aliphatic heterocycles. The third-order valence-corrected chi connectivity index (χ3v) is 4.28. The molecule has 0 saturated heterocycles. The van der Waals surface area contributed by atoms with Crippen LogP contribution in [0.1, 0.15) is 35.2 Å². The Kier molecular flexibility index (Phi) is 4.86. The van der Waals surface area contributed by atoms with Crippen LogP contribution in [-0.2, 0) is 9.53 Å². The van der Waals surface area contributed by atoms with Crippen molar-refractivity contribution >= 4 is 23.4 Å². The number of hydrogen-bond acceptors (Lipinski definition) is 4. The van der Waals surface area contributed by atoms with Crippen molar-refractivity contribution in [1.82, 2.24) is 0 Å². The second-order valence-electron chi connectivity index (χ2n) is 5.57. The summed E-state index contributed by atoms with van der Waals surface area (Å²) in [5.74, 6) is -0.234. The van der Waals surface area contributed by atoms with E-state index < -0.39 is 12.1 Å². The smallest absolute Gasteiger partial charge is 0.347 e. The van der Waals surface area contributed by atoms with Crippen LogP contribution < -0.4 is 4.74 Å². The SMILES string of the molecule is CCOC(=O)[C@@H]1Oc2ccccc2[C@H]1CC(=O)c1ccc(Cl)cc1. The predicted octanol–water partition coefficient (Wildman–Crippen LogP) is 4.02. The Bertz CT molecular complexity index is 754. The molecule has 0 aliphatic carbocycles. The highest BCUT2D eigenvalue weighted by molar-refractivity contribution is 6.30. The zero-order valence-corrected chi connectivity index (χ0v) is 14.0. The van der Waals surface area contributed by atoms with Crippen LogP contribution >= 0.6 is 11.6 Å². The average Bonchev–Trinajstić information content (AvgIpc) is 2.94. The van der Waals surface area contributed by atoms with Gasteiger partial charge in [-0.2, -0.15) is 0 Å². The molecule has 1 aliphatic rings. The van der Waals surface area contributed by atoms with Crippen LogP contribution in [0.4, 0.5) is 0 Å². The monoisotopic (exact) mass is 344 g/mol. The van der Waals surface area contributed by atoms with Gasteiger partial charge in [-0.25, -0.2) is 4.79 Å². The average molecular weight is 345 g/mol. The number of fused-ring (bicyclic) bond motifs is 1. The van der Waals surface area contributed by atoms with Gasteiger partial charge in [0.15, 0.2) is 5.78 Å². The molecule has 2 aromatic carbocycles. The Labute approximate surface area is 145 Å². The lowest BCUT2D eigenvalue weighted by atomic mass is 9.88.